The van der Waals surface area contributed by atoms with Gasteiger partial charge in [-0.1, -0.05) is 0 Å². The van der Waals surface area contributed by atoms with Crippen LogP contribution in [0.4, 0.5) is 5.69 Å². The zero-order chi connectivity index (χ0) is 14.9. The summed E-state index contributed by atoms with van der Waals surface area (Å²) in [5.74, 6) is -0.164. The average Bonchev–Trinajstić information content (AvgIpc) is 2.67. The van der Waals surface area contributed by atoms with Gasteiger partial charge in [0.05, 0.1) is 17.1 Å². The predicted octanol–water partition coefficient (Wildman–Crippen LogP) is 3.49. The number of amides is 1. The van der Waals surface area contributed by atoms with Crippen molar-refractivity contribution in [3.05, 3.63) is 39.9 Å². The van der Waals surface area contributed by atoms with Crippen molar-refractivity contribution in [1.82, 2.24) is 14.8 Å². The Labute approximate surface area is 126 Å². The van der Waals surface area contributed by atoms with Crippen LogP contribution in [0.3, 0.4) is 0 Å². The number of aryl methyl sites for hydroxylation is 1. The maximum atomic E-state index is 12.3. The van der Waals surface area contributed by atoms with E-state index in [1.54, 1.807) is 18.3 Å². The fraction of sp³-hybridized carbons (Fsp3) is 0.357. The Balaban J connectivity index is 2.29. The molecule has 0 aliphatic carbocycles. The molecule has 0 aliphatic rings. The van der Waals surface area contributed by atoms with Gasteiger partial charge in [0.1, 0.15) is 4.60 Å². The van der Waals surface area contributed by atoms with E-state index in [0.717, 1.165) is 17.1 Å². The van der Waals surface area contributed by atoms with Gasteiger partial charge in [0.25, 0.3) is 5.91 Å². The van der Waals surface area contributed by atoms with Crippen molar-refractivity contribution in [2.45, 2.75) is 33.7 Å². The molecular formula is C14H17BrN4O. The van der Waals surface area contributed by atoms with Gasteiger partial charge in [0, 0.05) is 17.8 Å². The molecule has 106 valence electrons. The zero-order valence-corrected chi connectivity index (χ0v) is 13.5. The second-order valence-electron chi connectivity index (χ2n) is 4.91. The van der Waals surface area contributed by atoms with Crippen LogP contribution >= 0.6 is 15.9 Å². The molecule has 2 heterocycles. The van der Waals surface area contributed by atoms with Crippen molar-refractivity contribution in [3.8, 4) is 0 Å². The Bertz CT molecular complexity index is 649. The fourth-order valence-electron chi connectivity index (χ4n) is 2.08. The summed E-state index contributed by atoms with van der Waals surface area (Å²) >= 11 is 3.26. The number of aromatic nitrogens is 3. The number of nitrogens with one attached hydrogen (secondary N) is 1. The van der Waals surface area contributed by atoms with E-state index in [9.17, 15) is 4.79 Å². The second kappa shape index (κ2) is 5.75. The first-order valence-corrected chi connectivity index (χ1v) is 7.18. The van der Waals surface area contributed by atoms with E-state index < -0.39 is 0 Å². The largest absolute Gasteiger partial charge is 0.319 e. The maximum absolute atomic E-state index is 12.3. The van der Waals surface area contributed by atoms with Crippen molar-refractivity contribution < 1.29 is 4.79 Å². The first-order valence-electron chi connectivity index (χ1n) is 6.38. The molecule has 1 amide bonds. The van der Waals surface area contributed by atoms with Gasteiger partial charge in [-0.25, -0.2) is 4.98 Å². The molecule has 1 N–H and O–H groups in total. The minimum Gasteiger partial charge on any atom is -0.319 e. The van der Waals surface area contributed by atoms with Gasteiger partial charge in [-0.05, 0) is 55.8 Å². The van der Waals surface area contributed by atoms with Crippen molar-refractivity contribution in [3.63, 3.8) is 0 Å². The molecule has 20 heavy (non-hydrogen) atoms. The van der Waals surface area contributed by atoms with Gasteiger partial charge in [0.15, 0.2) is 0 Å². The van der Waals surface area contributed by atoms with Crippen LogP contribution in [0.2, 0.25) is 0 Å². The molecule has 0 atom stereocenters. The zero-order valence-electron chi connectivity index (χ0n) is 11.9. The molecule has 5 nitrogen and oxygen atoms in total. The molecule has 0 radical (unpaired) electrons. The summed E-state index contributed by atoms with van der Waals surface area (Å²) in [6.07, 6.45) is 1.59. The lowest BCUT2D eigenvalue weighted by molar-refractivity contribution is 0.102. The number of hydrogen-bond donors (Lipinski definition) is 1. The van der Waals surface area contributed by atoms with Crippen LogP contribution in [0.5, 0.6) is 0 Å². The van der Waals surface area contributed by atoms with Gasteiger partial charge in [-0.2, -0.15) is 5.10 Å². The van der Waals surface area contributed by atoms with Crippen molar-refractivity contribution in [1.29, 1.82) is 0 Å². The van der Waals surface area contributed by atoms with Crippen LogP contribution < -0.4 is 5.32 Å². The van der Waals surface area contributed by atoms with Crippen molar-refractivity contribution >= 4 is 27.5 Å². The van der Waals surface area contributed by atoms with Crippen LogP contribution in [0.1, 0.15) is 41.6 Å². The average molecular weight is 337 g/mol. The molecule has 0 saturated carbocycles. The summed E-state index contributed by atoms with van der Waals surface area (Å²) in [4.78, 5) is 16.3. The van der Waals surface area contributed by atoms with Gasteiger partial charge >= 0.3 is 0 Å². The van der Waals surface area contributed by atoms with Crippen LogP contribution in [0, 0.1) is 13.8 Å². The molecular weight excluding hydrogens is 320 g/mol. The summed E-state index contributed by atoms with van der Waals surface area (Å²) in [7, 11) is 0. The Hall–Kier alpha value is -1.69. The lowest BCUT2D eigenvalue weighted by atomic mass is 10.2. The van der Waals surface area contributed by atoms with Gasteiger partial charge in [0.2, 0.25) is 0 Å². The third kappa shape index (κ3) is 2.90. The third-order valence-electron chi connectivity index (χ3n) is 3.04. The smallest absolute Gasteiger partial charge is 0.255 e. The third-order valence-corrected chi connectivity index (χ3v) is 3.48. The number of rotatable bonds is 3. The van der Waals surface area contributed by atoms with Gasteiger partial charge in [-0.3, -0.25) is 9.48 Å². The van der Waals surface area contributed by atoms with Crippen molar-refractivity contribution in [2.75, 3.05) is 5.32 Å². The molecule has 0 saturated heterocycles. The lowest BCUT2D eigenvalue weighted by Gasteiger charge is -2.09. The molecule has 2 aromatic rings. The number of pyridine rings is 1. The Kier molecular flexibility index (Phi) is 4.23. The van der Waals surface area contributed by atoms with Crippen LogP contribution in [-0.4, -0.2) is 20.7 Å². The molecule has 0 aliphatic heterocycles. The first kappa shape index (κ1) is 14.7. The number of halogens is 1. The van der Waals surface area contributed by atoms with E-state index in [4.69, 9.17) is 0 Å². The quantitative estimate of drug-likeness (QED) is 0.872. The molecule has 2 rings (SSSR count). The summed E-state index contributed by atoms with van der Waals surface area (Å²) in [5.41, 5.74) is 3.11. The Morgan fingerprint density at radius 1 is 1.40 bits per heavy atom. The van der Waals surface area contributed by atoms with Crippen molar-refractivity contribution in [2.24, 2.45) is 0 Å². The lowest BCUT2D eigenvalue weighted by Crippen LogP contribution is -2.13. The summed E-state index contributed by atoms with van der Waals surface area (Å²) < 4.78 is 2.55. The number of hydrogen-bond acceptors (Lipinski definition) is 3. The normalized spacial score (nSPS) is 10.9. The molecule has 0 unspecified atom stereocenters. The molecule has 0 fully saturated rings. The number of carbonyl (C=O) groups is 1. The number of carbonyl (C=O) groups excluding carboxylic acids is 1. The van der Waals surface area contributed by atoms with E-state index >= 15 is 0 Å². The molecule has 0 spiro atoms. The number of anilines is 1. The van der Waals surface area contributed by atoms with E-state index in [2.05, 4.69) is 45.2 Å². The van der Waals surface area contributed by atoms with Gasteiger partial charge < -0.3 is 5.32 Å². The first-order chi connectivity index (χ1) is 9.40. The summed E-state index contributed by atoms with van der Waals surface area (Å²) in [6.45, 7) is 7.97. The summed E-state index contributed by atoms with van der Waals surface area (Å²) in [6, 6.07) is 3.62. The van der Waals surface area contributed by atoms with E-state index in [-0.39, 0.29) is 11.9 Å². The fourth-order valence-corrected chi connectivity index (χ4v) is 2.44. The monoisotopic (exact) mass is 336 g/mol. The van der Waals surface area contributed by atoms with Crippen LogP contribution in [0.15, 0.2) is 22.9 Å². The van der Waals surface area contributed by atoms with Crippen LogP contribution in [-0.2, 0) is 0 Å². The highest BCUT2D eigenvalue weighted by atomic mass is 79.9. The summed E-state index contributed by atoms with van der Waals surface area (Å²) in [5, 5.41) is 7.38. The number of nitrogens with zero attached hydrogens (tertiary/aromatic N) is 3. The van der Waals surface area contributed by atoms with E-state index in [0.29, 0.717) is 10.2 Å². The highest BCUT2D eigenvalue weighted by Gasteiger charge is 2.16. The standard InChI is InChI=1S/C14H17BrN4O/c1-8(2)19-10(4)13(9(3)18-19)17-14(20)11-5-6-16-12(15)7-11/h5-8H,1-4H3,(H,17,20). The van der Waals surface area contributed by atoms with Gasteiger partial charge in [-0.15, -0.1) is 0 Å². The molecule has 6 heteroatoms. The SMILES string of the molecule is Cc1nn(C(C)C)c(C)c1NC(=O)c1ccnc(Br)c1. The topological polar surface area (TPSA) is 59.8 Å². The van der Waals surface area contributed by atoms with Crippen LogP contribution in [0.25, 0.3) is 0 Å². The second-order valence-corrected chi connectivity index (χ2v) is 5.72. The minimum absolute atomic E-state index is 0.164. The Morgan fingerprint density at radius 2 is 2.10 bits per heavy atom. The molecule has 0 aromatic carbocycles. The van der Waals surface area contributed by atoms with E-state index in [1.807, 2.05) is 18.5 Å². The molecule has 0 bridgehead atoms. The predicted molar refractivity (Wildman–Crippen MR) is 82.0 cm³/mol. The molecule has 2 aromatic heterocycles. The highest BCUT2D eigenvalue weighted by Crippen LogP contribution is 2.23. The maximum Gasteiger partial charge on any atom is 0.255 e. The minimum atomic E-state index is -0.164. The Morgan fingerprint density at radius 3 is 2.65 bits per heavy atom. The van der Waals surface area contributed by atoms with E-state index in [1.165, 1.54) is 0 Å². The highest BCUT2D eigenvalue weighted by molar-refractivity contribution is 9.10.